The summed E-state index contributed by atoms with van der Waals surface area (Å²) in [7, 11) is 0. The minimum Gasteiger partial charge on any atom is -0.378 e. The molecule has 0 unspecified atom stereocenters. The topological polar surface area (TPSA) is 73.8 Å². The van der Waals surface area contributed by atoms with Crippen LogP contribution in [0.5, 0.6) is 0 Å². The van der Waals surface area contributed by atoms with E-state index >= 15 is 0 Å². The monoisotopic (exact) mass is 396 g/mol. The van der Waals surface area contributed by atoms with Crippen molar-refractivity contribution in [1.82, 2.24) is 14.9 Å². The zero-order valence-corrected chi connectivity index (χ0v) is 16.9. The Labute approximate surface area is 171 Å². The van der Waals surface area contributed by atoms with Gasteiger partial charge in [-0.2, -0.15) is 4.98 Å². The summed E-state index contributed by atoms with van der Waals surface area (Å²) < 4.78 is 5.41. The fraction of sp³-hybridized carbons (Fsp3) is 0.476. The van der Waals surface area contributed by atoms with E-state index in [0.29, 0.717) is 26.3 Å². The maximum Gasteiger partial charge on any atom is 0.321 e. The summed E-state index contributed by atoms with van der Waals surface area (Å²) in [4.78, 5) is 28.1. The van der Waals surface area contributed by atoms with Crippen LogP contribution < -0.4 is 15.1 Å². The van der Waals surface area contributed by atoms with Gasteiger partial charge in [0.15, 0.2) is 0 Å². The van der Waals surface area contributed by atoms with Gasteiger partial charge < -0.3 is 24.8 Å². The average Bonchev–Trinajstić information content (AvgIpc) is 2.80. The second-order valence-electron chi connectivity index (χ2n) is 7.23. The molecule has 1 aromatic carbocycles. The Hall–Kier alpha value is -2.87. The van der Waals surface area contributed by atoms with Crippen LogP contribution in [0.4, 0.5) is 22.2 Å². The molecule has 0 aliphatic carbocycles. The highest BCUT2D eigenvalue weighted by atomic mass is 16.5. The Balaban J connectivity index is 1.35. The zero-order valence-electron chi connectivity index (χ0n) is 16.9. The van der Waals surface area contributed by atoms with Crippen molar-refractivity contribution in [3.8, 4) is 0 Å². The quantitative estimate of drug-likeness (QED) is 0.854. The third-order valence-electron chi connectivity index (χ3n) is 5.45. The van der Waals surface area contributed by atoms with Crippen LogP contribution in [0.15, 0.2) is 36.5 Å². The molecule has 29 heavy (non-hydrogen) atoms. The Bertz CT molecular complexity index is 831. The lowest BCUT2D eigenvalue weighted by atomic mass is 10.1. The van der Waals surface area contributed by atoms with Gasteiger partial charge in [-0.3, -0.25) is 0 Å². The third-order valence-corrected chi connectivity index (χ3v) is 5.45. The number of hydrogen-bond acceptors (Lipinski definition) is 6. The highest BCUT2D eigenvalue weighted by molar-refractivity contribution is 5.90. The lowest BCUT2D eigenvalue weighted by molar-refractivity contribution is 0.122. The number of aromatic nitrogens is 2. The number of carbonyl (C=O) groups is 1. The number of anilines is 3. The summed E-state index contributed by atoms with van der Waals surface area (Å²) in [6.07, 6.45) is 2.71. The molecule has 154 valence electrons. The maximum absolute atomic E-state index is 12.7. The van der Waals surface area contributed by atoms with Gasteiger partial charge in [0.2, 0.25) is 5.95 Å². The van der Waals surface area contributed by atoms with Gasteiger partial charge in [-0.05, 0) is 24.1 Å². The normalized spacial score (nSPS) is 17.3. The van der Waals surface area contributed by atoms with Crippen LogP contribution in [0.1, 0.15) is 12.5 Å². The minimum absolute atomic E-state index is 0.0396. The van der Waals surface area contributed by atoms with Gasteiger partial charge in [-0.1, -0.05) is 25.1 Å². The van der Waals surface area contributed by atoms with Crippen molar-refractivity contribution < 1.29 is 9.53 Å². The molecular weight excluding hydrogens is 368 g/mol. The first-order chi connectivity index (χ1) is 14.2. The molecule has 0 bridgehead atoms. The molecule has 0 saturated carbocycles. The fourth-order valence-corrected chi connectivity index (χ4v) is 3.71. The van der Waals surface area contributed by atoms with E-state index in [1.54, 1.807) is 0 Å². The molecule has 2 saturated heterocycles. The molecule has 2 aliphatic heterocycles. The predicted molar refractivity (Wildman–Crippen MR) is 114 cm³/mol. The summed E-state index contributed by atoms with van der Waals surface area (Å²) in [6, 6.07) is 9.86. The fourth-order valence-electron chi connectivity index (χ4n) is 3.71. The number of ether oxygens (including phenoxy) is 1. The molecule has 3 heterocycles. The molecule has 2 aromatic rings. The molecule has 0 radical (unpaired) electrons. The van der Waals surface area contributed by atoms with Crippen LogP contribution in [0.3, 0.4) is 0 Å². The van der Waals surface area contributed by atoms with Crippen LogP contribution in [-0.2, 0) is 11.2 Å². The number of amides is 2. The van der Waals surface area contributed by atoms with E-state index < -0.39 is 0 Å². The van der Waals surface area contributed by atoms with Crippen molar-refractivity contribution in [3.05, 3.63) is 42.1 Å². The minimum atomic E-state index is -0.0396. The largest absolute Gasteiger partial charge is 0.378 e. The number of nitrogens with one attached hydrogen (secondary N) is 1. The first-order valence-corrected chi connectivity index (χ1v) is 10.3. The third kappa shape index (κ3) is 4.59. The summed E-state index contributed by atoms with van der Waals surface area (Å²) in [5, 5.41) is 3.06. The SMILES string of the molecule is CCc1ccccc1NC(=O)N1CCN(c2ccnc(N3CCOCC3)n2)CC1. The van der Waals surface area contributed by atoms with Crippen molar-refractivity contribution in [2.24, 2.45) is 0 Å². The first-order valence-electron chi connectivity index (χ1n) is 10.3. The maximum atomic E-state index is 12.7. The van der Waals surface area contributed by atoms with Crippen LogP contribution in [-0.4, -0.2) is 73.4 Å². The van der Waals surface area contributed by atoms with Gasteiger partial charge in [0.05, 0.1) is 13.2 Å². The standard InChI is InChI=1S/C21H28N6O2/c1-2-17-5-3-4-6-18(17)23-21(28)27-11-9-25(10-12-27)19-7-8-22-20(24-19)26-13-15-29-16-14-26/h3-8H,2,9-16H2,1H3,(H,23,28). The second-order valence-corrected chi connectivity index (χ2v) is 7.23. The summed E-state index contributed by atoms with van der Waals surface area (Å²) in [6.45, 7) is 7.98. The van der Waals surface area contributed by atoms with Crippen molar-refractivity contribution in [1.29, 1.82) is 0 Å². The van der Waals surface area contributed by atoms with Crippen LogP contribution in [0.25, 0.3) is 0 Å². The number of aryl methyl sites for hydroxylation is 1. The Morgan fingerprint density at radius 2 is 1.79 bits per heavy atom. The molecule has 8 heteroatoms. The number of morpholine rings is 1. The zero-order chi connectivity index (χ0) is 20.1. The predicted octanol–water partition coefficient (Wildman–Crippen LogP) is 2.23. The van der Waals surface area contributed by atoms with E-state index in [-0.39, 0.29) is 6.03 Å². The highest BCUT2D eigenvalue weighted by Crippen LogP contribution is 2.19. The molecular formula is C21H28N6O2. The first kappa shape index (κ1) is 19.4. The molecule has 1 aromatic heterocycles. The van der Waals surface area contributed by atoms with Gasteiger partial charge in [-0.15, -0.1) is 0 Å². The van der Waals surface area contributed by atoms with Gasteiger partial charge in [0.1, 0.15) is 5.82 Å². The Morgan fingerprint density at radius 1 is 1.03 bits per heavy atom. The van der Waals surface area contributed by atoms with Crippen LogP contribution in [0.2, 0.25) is 0 Å². The van der Waals surface area contributed by atoms with E-state index in [0.717, 1.165) is 55.6 Å². The summed E-state index contributed by atoms with van der Waals surface area (Å²) >= 11 is 0. The van der Waals surface area contributed by atoms with Gasteiger partial charge in [-0.25, -0.2) is 9.78 Å². The van der Waals surface area contributed by atoms with Gasteiger partial charge in [0.25, 0.3) is 0 Å². The van der Waals surface area contributed by atoms with Gasteiger partial charge >= 0.3 is 6.03 Å². The summed E-state index contributed by atoms with van der Waals surface area (Å²) in [5.41, 5.74) is 2.05. The van der Waals surface area contributed by atoms with E-state index in [1.807, 2.05) is 35.4 Å². The highest BCUT2D eigenvalue weighted by Gasteiger charge is 2.23. The molecule has 4 rings (SSSR count). The average molecular weight is 396 g/mol. The number of urea groups is 1. The number of piperazine rings is 1. The summed E-state index contributed by atoms with van der Waals surface area (Å²) in [5.74, 6) is 1.67. The Morgan fingerprint density at radius 3 is 2.55 bits per heavy atom. The number of para-hydroxylation sites is 1. The van der Waals surface area contributed by atoms with Crippen molar-refractivity contribution in [3.63, 3.8) is 0 Å². The van der Waals surface area contributed by atoms with E-state index in [2.05, 4.69) is 33.1 Å². The molecule has 0 spiro atoms. The van der Waals surface area contributed by atoms with E-state index in [1.165, 1.54) is 0 Å². The number of carbonyl (C=O) groups excluding carboxylic acids is 1. The molecule has 2 fully saturated rings. The molecule has 2 aliphatic rings. The van der Waals surface area contributed by atoms with Crippen molar-refractivity contribution >= 4 is 23.5 Å². The number of hydrogen-bond donors (Lipinski definition) is 1. The molecule has 0 atom stereocenters. The smallest absolute Gasteiger partial charge is 0.321 e. The molecule has 8 nitrogen and oxygen atoms in total. The molecule has 1 N–H and O–H groups in total. The lowest BCUT2D eigenvalue weighted by Gasteiger charge is -2.36. The molecule has 2 amide bonds. The van der Waals surface area contributed by atoms with Gasteiger partial charge in [0, 0.05) is 51.2 Å². The second kappa shape index (κ2) is 9.09. The number of nitrogens with zero attached hydrogens (tertiary/aromatic N) is 5. The number of benzene rings is 1. The Kier molecular flexibility index (Phi) is 6.09. The van der Waals surface area contributed by atoms with E-state index in [4.69, 9.17) is 9.72 Å². The van der Waals surface area contributed by atoms with E-state index in [9.17, 15) is 4.79 Å². The number of rotatable bonds is 4. The van der Waals surface area contributed by atoms with Crippen LogP contribution in [0, 0.1) is 0 Å². The lowest BCUT2D eigenvalue weighted by Crippen LogP contribution is -2.50. The van der Waals surface area contributed by atoms with Crippen molar-refractivity contribution in [2.45, 2.75) is 13.3 Å². The van der Waals surface area contributed by atoms with Crippen LogP contribution >= 0.6 is 0 Å². The van der Waals surface area contributed by atoms with Crippen molar-refractivity contribution in [2.75, 3.05) is 67.6 Å².